The van der Waals surface area contributed by atoms with Crippen molar-refractivity contribution < 1.29 is 4.79 Å². The van der Waals surface area contributed by atoms with Crippen LogP contribution >= 0.6 is 0 Å². The molecule has 19 heavy (non-hydrogen) atoms. The number of piperidine rings is 1. The van der Waals surface area contributed by atoms with E-state index in [1.807, 2.05) is 24.0 Å². The number of nitrogens with one attached hydrogen (secondary N) is 1. The van der Waals surface area contributed by atoms with Gasteiger partial charge in [-0.1, -0.05) is 12.1 Å². The molecule has 2 aliphatic heterocycles. The molecule has 2 fully saturated rings. The topological polar surface area (TPSA) is 32.3 Å². The second-order valence-electron chi connectivity index (χ2n) is 5.92. The summed E-state index contributed by atoms with van der Waals surface area (Å²) in [6.45, 7) is 7.01. The lowest BCUT2D eigenvalue weighted by Crippen LogP contribution is -2.41. The maximum Gasteiger partial charge on any atom is 0.254 e. The molecule has 0 aromatic heterocycles. The number of carbonyl (C=O) groups excluding carboxylic acids is 1. The first-order chi connectivity index (χ1) is 9.16. The SMILES string of the molecule is Cc1cccc(C(=O)N2C[C@@H]3CCCN[C@@H]3C2)c1C. The van der Waals surface area contributed by atoms with Crippen molar-refractivity contribution in [3.63, 3.8) is 0 Å². The van der Waals surface area contributed by atoms with Crippen LogP contribution in [0.5, 0.6) is 0 Å². The van der Waals surface area contributed by atoms with Gasteiger partial charge >= 0.3 is 0 Å². The number of benzene rings is 1. The van der Waals surface area contributed by atoms with Crippen LogP contribution in [0.2, 0.25) is 0 Å². The van der Waals surface area contributed by atoms with Crippen molar-refractivity contribution in [2.75, 3.05) is 19.6 Å². The van der Waals surface area contributed by atoms with Gasteiger partial charge in [0.1, 0.15) is 0 Å². The Hall–Kier alpha value is -1.35. The first-order valence-corrected chi connectivity index (χ1v) is 7.25. The van der Waals surface area contributed by atoms with E-state index >= 15 is 0 Å². The first kappa shape index (κ1) is 12.7. The van der Waals surface area contributed by atoms with Crippen LogP contribution in [0.25, 0.3) is 0 Å². The van der Waals surface area contributed by atoms with E-state index in [1.54, 1.807) is 0 Å². The van der Waals surface area contributed by atoms with E-state index in [4.69, 9.17) is 0 Å². The van der Waals surface area contributed by atoms with Crippen molar-refractivity contribution in [2.45, 2.75) is 32.7 Å². The van der Waals surface area contributed by atoms with Crippen LogP contribution in [-0.2, 0) is 0 Å². The van der Waals surface area contributed by atoms with E-state index in [9.17, 15) is 4.79 Å². The highest BCUT2D eigenvalue weighted by Crippen LogP contribution is 2.27. The standard InChI is InChI=1S/C16H22N2O/c1-11-5-3-7-14(12(11)2)16(19)18-9-13-6-4-8-17-15(13)10-18/h3,5,7,13,15,17H,4,6,8-10H2,1-2H3/t13-,15+/m0/s1. The molecule has 0 saturated carbocycles. The summed E-state index contributed by atoms with van der Waals surface area (Å²) in [5.74, 6) is 0.861. The van der Waals surface area contributed by atoms with Gasteiger partial charge in [-0.2, -0.15) is 0 Å². The number of nitrogens with zero attached hydrogens (tertiary/aromatic N) is 1. The number of fused-ring (bicyclic) bond motifs is 1. The molecule has 2 aliphatic rings. The van der Waals surface area contributed by atoms with Gasteiger partial charge in [-0.05, 0) is 56.3 Å². The lowest BCUT2D eigenvalue weighted by Gasteiger charge is -2.24. The second kappa shape index (κ2) is 4.97. The molecule has 0 radical (unpaired) electrons. The predicted molar refractivity (Wildman–Crippen MR) is 76.3 cm³/mol. The molecule has 3 rings (SSSR count). The molecular formula is C16H22N2O. The van der Waals surface area contributed by atoms with Gasteiger partial charge in [-0.3, -0.25) is 4.79 Å². The van der Waals surface area contributed by atoms with Crippen LogP contribution < -0.4 is 5.32 Å². The van der Waals surface area contributed by atoms with Crippen LogP contribution in [-0.4, -0.2) is 36.5 Å². The second-order valence-corrected chi connectivity index (χ2v) is 5.92. The smallest absolute Gasteiger partial charge is 0.254 e. The molecule has 0 unspecified atom stereocenters. The summed E-state index contributed by atoms with van der Waals surface area (Å²) in [6.07, 6.45) is 2.50. The molecule has 0 spiro atoms. The average Bonchev–Trinajstić information content (AvgIpc) is 2.85. The van der Waals surface area contributed by atoms with Crippen LogP contribution in [0.15, 0.2) is 18.2 Å². The summed E-state index contributed by atoms with van der Waals surface area (Å²) in [4.78, 5) is 14.7. The third-order valence-electron chi connectivity index (χ3n) is 4.72. The molecule has 3 heteroatoms. The molecule has 1 aromatic rings. The molecule has 102 valence electrons. The van der Waals surface area contributed by atoms with E-state index < -0.39 is 0 Å². The monoisotopic (exact) mass is 258 g/mol. The van der Waals surface area contributed by atoms with Gasteiger partial charge in [-0.25, -0.2) is 0 Å². The summed E-state index contributed by atoms with van der Waals surface area (Å²) < 4.78 is 0. The summed E-state index contributed by atoms with van der Waals surface area (Å²) in [6, 6.07) is 6.52. The van der Waals surface area contributed by atoms with Crippen LogP contribution in [0.1, 0.15) is 34.3 Å². The van der Waals surface area contributed by atoms with Crippen LogP contribution in [0.3, 0.4) is 0 Å². The maximum absolute atomic E-state index is 12.7. The highest BCUT2D eigenvalue weighted by molar-refractivity contribution is 5.96. The van der Waals surface area contributed by atoms with Crippen molar-refractivity contribution >= 4 is 5.91 Å². The minimum absolute atomic E-state index is 0.206. The summed E-state index contributed by atoms with van der Waals surface area (Å²) >= 11 is 0. The van der Waals surface area contributed by atoms with E-state index in [1.165, 1.54) is 18.4 Å². The third-order valence-corrected chi connectivity index (χ3v) is 4.72. The zero-order valence-electron chi connectivity index (χ0n) is 11.8. The fraction of sp³-hybridized carbons (Fsp3) is 0.562. The lowest BCUT2D eigenvalue weighted by atomic mass is 9.94. The molecule has 3 nitrogen and oxygen atoms in total. The number of likely N-dealkylation sites (tertiary alicyclic amines) is 1. The fourth-order valence-electron chi connectivity index (χ4n) is 3.37. The van der Waals surface area contributed by atoms with Crippen LogP contribution in [0, 0.1) is 19.8 Å². The Morgan fingerprint density at radius 1 is 1.32 bits per heavy atom. The van der Waals surface area contributed by atoms with Crippen LogP contribution in [0.4, 0.5) is 0 Å². The third kappa shape index (κ3) is 2.27. The van der Waals surface area contributed by atoms with E-state index in [0.29, 0.717) is 12.0 Å². The summed E-state index contributed by atoms with van der Waals surface area (Å²) in [5.41, 5.74) is 3.19. The number of rotatable bonds is 1. The normalized spacial score (nSPS) is 26.3. The first-order valence-electron chi connectivity index (χ1n) is 7.25. The van der Waals surface area contributed by atoms with Gasteiger partial charge in [0.2, 0.25) is 0 Å². The zero-order valence-corrected chi connectivity index (χ0v) is 11.8. The van der Waals surface area contributed by atoms with Crippen molar-refractivity contribution in [1.29, 1.82) is 0 Å². The quantitative estimate of drug-likeness (QED) is 0.837. The predicted octanol–water partition coefficient (Wildman–Crippen LogP) is 2.13. The molecule has 2 saturated heterocycles. The number of hydrogen-bond acceptors (Lipinski definition) is 2. The molecule has 2 heterocycles. The molecular weight excluding hydrogens is 236 g/mol. The van der Waals surface area contributed by atoms with E-state index in [2.05, 4.69) is 18.3 Å². The summed E-state index contributed by atoms with van der Waals surface area (Å²) in [5, 5.41) is 3.55. The Labute approximate surface area is 115 Å². The van der Waals surface area contributed by atoms with Gasteiger partial charge < -0.3 is 10.2 Å². The molecule has 2 atom stereocenters. The minimum Gasteiger partial charge on any atom is -0.337 e. The number of amides is 1. The Bertz CT molecular complexity index is 484. The molecule has 0 bridgehead atoms. The number of hydrogen-bond donors (Lipinski definition) is 1. The summed E-state index contributed by atoms with van der Waals surface area (Å²) in [7, 11) is 0. The van der Waals surface area contributed by atoms with Gasteiger partial charge in [0, 0.05) is 24.7 Å². The highest BCUT2D eigenvalue weighted by atomic mass is 16.2. The largest absolute Gasteiger partial charge is 0.337 e. The van der Waals surface area contributed by atoms with Crippen molar-refractivity contribution in [2.24, 2.45) is 5.92 Å². The maximum atomic E-state index is 12.7. The average molecular weight is 258 g/mol. The van der Waals surface area contributed by atoms with E-state index in [-0.39, 0.29) is 5.91 Å². The van der Waals surface area contributed by atoms with Crippen molar-refractivity contribution in [3.05, 3.63) is 34.9 Å². The minimum atomic E-state index is 0.206. The highest BCUT2D eigenvalue weighted by Gasteiger charge is 2.36. The lowest BCUT2D eigenvalue weighted by molar-refractivity contribution is 0.0785. The Morgan fingerprint density at radius 2 is 2.16 bits per heavy atom. The van der Waals surface area contributed by atoms with Crippen molar-refractivity contribution in [3.8, 4) is 0 Å². The number of carbonyl (C=O) groups is 1. The zero-order chi connectivity index (χ0) is 13.4. The van der Waals surface area contributed by atoms with E-state index in [0.717, 1.165) is 30.8 Å². The number of aryl methyl sites for hydroxylation is 1. The van der Waals surface area contributed by atoms with Crippen molar-refractivity contribution in [1.82, 2.24) is 10.2 Å². The Morgan fingerprint density at radius 3 is 2.95 bits per heavy atom. The fourth-order valence-corrected chi connectivity index (χ4v) is 3.37. The molecule has 1 aromatic carbocycles. The Balaban J connectivity index is 1.79. The molecule has 1 N–H and O–H groups in total. The van der Waals surface area contributed by atoms with Gasteiger partial charge in [0.15, 0.2) is 0 Å². The molecule has 0 aliphatic carbocycles. The van der Waals surface area contributed by atoms with Gasteiger partial charge in [0.05, 0.1) is 0 Å². The van der Waals surface area contributed by atoms with Gasteiger partial charge in [0.25, 0.3) is 5.91 Å². The molecule has 1 amide bonds. The van der Waals surface area contributed by atoms with Gasteiger partial charge in [-0.15, -0.1) is 0 Å². The Kier molecular flexibility index (Phi) is 3.31.